The van der Waals surface area contributed by atoms with Crippen LogP contribution in [-0.2, 0) is 6.61 Å². The summed E-state index contributed by atoms with van der Waals surface area (Å²) in [6.07, 6.45) is 0. The van der Waals surface area contributed by atoms with Gasteiger partial charge in [0, 0.05) is 0 Å². The summed E-state index contributed by atoms with van der Waals surface area (Å²) in [5.74, 6) is 1.17. The van der Waals surface area contributed by atoms with Crippen molar-refractivity contribution in [1.82, 2.24) is 0 Å². The van der Waals surface area contributed by atoms with Crippen molar-refractivity contribution in [3.8, 4) is 11.5 Å². The Labute approximate surface area is 118 Å². The highest BCUT2D eigenvalue weighted by Gasteiger charge is 2.11. The van der Waals surface area contributed by atoms with Crippen LogP contribution in [0.4, 0.5) is 4.39 Å². The molecule has 0 heterocycles. The van der Waals surface area contributed by atoms with E-state index < -0.39 is 12.7 Å². The summed E-state index contributed by atoms with van der Waals surface area (Å²) >= 11 is 0. The number of rotatable bonds is 6. The lowest BCUT2D eigenvalue weighted by molar-refractivity contribution is 0.284. The van der Waals surface area contributed by atoms with E-state index in [1.807, 2.05) is 30.3 Å². The molecule has 3 nitrogen and oxygen atoms in total. The molecule has 106 valence electrons. The molecule has 0 fully saturated rings. The molecule has 0 aliphatic heterocycles. The Hall–Kier alpha value is -2.07. The molecule has 0 amide bonds. The van der Waals surface area contributed by atoms with Gasteiger partial charge in [0.2, 0.25) is 0 Å². The van der Waals surface area contributed by atoms with Gasteiger partial charge in [-0.25, -0.2) is 4.39 Å². The molecule has 20 heavy (non-hydrogen) atoms. The fourth-order valence-electron chi connectivity index (χ4n) is 1.86. The van der Waals surface area contributed by atoms with Gasteiger partial charge in [0.25, 0.3) is 0 Å². The summed E-state index contributed by atoms with van der Waals surface area (Å²) in [5, 5.41) is 0. The number of nitrogens with two attached hydrogens (primary N) is 1. The second-order valence-corrected chi connectivity index (χ2v) is 4.45. The average molecular weight is 275 g/mol. The summed E-state index contributed by atoms with van der Waals surface area (Å²) in [6, 6.07) is 14.4. The Morgan fingerprint density at radius 3 is 2.50 bits per heavy atom. The fraction of sp³-hybridized carbons (Fsp3) is 0.250. The number of hydrogen-bond acceptors (Lipinski definition) is 3. The zero-order valence-corrected chi connectivity index (χ0v) is 11.4. The smallest absolute Gasteiger partial charge is 0.161 e. The van der Waals surface area contributed by atoms with Gasteiger partial charge < -0.3 is 15.2 Å². The summed E-state index contributed by atoms with van der Waals surface area (Å²) in [7, 11) is 1.55. The summed E-state index contributed by atoms with van der Waals surface area (Å²) in [6.45, 7) is -0.154. The molecular weight excluding hydrogens is 257 g/mol. The maximum atomic E-state index is 12.6. The Balaban J connectivity index is 2.11. The minimum absolute atomic E-state index is 0.450. The fourth-order valence-corrected chi connectivity index (χ4v) is 1.86. The zero-order chi connectivity index (χ0) is 14.4. The van der Waals surface area contributed by atoms with Crippen LogP contribution in [-0.4, -0.2) is 13.8 Å². The molecule has 0 spiro atoms. The molecule has 0 saturated heterocycles. The van der Waals surface area contributed by atoms with Gasteiger partial charge >= 0.3 is 0 Å². The largest absolute Gasteiger partial charge is 0.493 e. The third-order valence-corrected chi connectivity index (χ3v) is 3.02. The lowest BCUT2D eigenvalue weighted by Gasteiger charge is -2.14. The molecule has 1 atom stereocenters. The normalized spacial score (nSPS) is 11.9. The molecule has 2 N–H and O–H groups in total. The van der Waals surface area contributed by atoms with Crippen LogP contribution in [0, 0.1) is 0 Å². The molecule has 2 aromatic carbocycles. The van der Waals surface area contributed by atoms with Crippen LogP contribution in [0.15, 0.2) is 48.5 Å². The van der Waals surface area contributed by atoms with Gasteiger partial charge in [0.1, 0.15) is 13.3 Å². The Morgan fingerprint density at radius 1 is 1.10 bits per heavy atom. The van der Waals surface area contributed by atoms with E-state index in [2.05, 4.69) is 0 Å². The third-order valence-electron chi connectivity index (χ3n) is 3.02. The minimum Gasteiger partial charge on any atom is -0.493 e. The number of methoxy groups -OCH3 is 1. The second kappa shape index (κ2) is 6.91. The van der Waals surface area contributed by atoms with Gasteiger partial charge in [-0.05, 0) is 23.3 Å². The van der Waals surface area contributed by atoms with Gasteiger partial charge in [-0.1, -0.05) is 36.4 Å². The van der Waals surface area contributed by atoms with Gasteiger partial charge in [0.05, 0.1) is 13.2 Å². The predicted octanol–water partition coefficient (Wildman–Crippen LogP) is 3.24. The maximum Gasteiger partial charge on any atom is 0.161 e. The second-order valence-electron chi connectivity index (χ2n) is 4.45. The number of alkyl halides is 1. The van der Waals surface area contributed by atoms with Gasteiger partial charge in [-0.15, -0.1) is 0 Å². The zero-order valence-electron chi connectivity index (χ0n) is 11.4. The van der Waals surface area contributed by atoms with Crippen molar-refractivity contribution in [3.05, 3.63) is 59.7 Å². The first-order chi connectivity index (χ1) is 9.74. The topological polar surface area (TPSA) is 44.5 Å². The molecule has 0 bridgehead atoms. The SMILES string of the molecule is COc1cc([C@H](N)CF)ccc1OCc1ccccc1. The van der Waals surface area contributed by atoms with Crippen LogP contribution >= 0.6 is 0 Å². The summed E-state index contributed by atoms with van der Waals surface area (Å²) < 4.78 is 23.6. The molecular formula is C16H18FNO2. The third kappa shape index (κ3) is 3.48. The number of halogens is 1. The van der Waals surface area contributed by atoms with E-state index in [-0.39, 0.29) is 0 Å². The Morgan fingerprint density at radius 2 is 1.85 bits per heavy atom. The lowest BCUT2D eigenvalue weighted by atomic mass is 10.1. The molecule has 2 aromatic rings. The summed E-state index contributed by atoms with van der Waals surface area (Å²) in [5.41, 5.74) is 7.42. The molecule has 2 rings (SSSR count). The number of ether oxygens (including phenoxy) is 2. The highest BCUT2D eigenvalue weighted by atomic mass is 19.1. The van der Waals surface area contributed by atoms with Gasteiger partial charge in [0.15, 0.2) is 11.5 Å². The highest BCUT2D eigenvalue weighted by molar-refractivity contribution is 5.44. The minimum atomic E-state index is -0.632. The van der Waals surface area contributed by atoms with Crippen LogP contribution in [0.1, 0.15) is 17.2 Å². The van der Waals surface area contributed by atoms with Crippen LogP contribution in [0.2, 0.25) is 0 Å². The van der Waals surface area contributed by atoms with E-state index in [1.54, 1.807) is 25.3 Å². The Bertz CT molecular complexity index is 545. The van der Waals surface area contributed by atoms with Crippen LogP contribution in [0.5, 0.6) is 11.5 Å². The first kappa shape index (κ1) is 14.3. The van der Waals surface area contributed by atoms with Crippen molar-refractivity contribution < 1.29 is 13.9 Å². The van der Waals surface area contributed by atoms with E-state index in [0.29, 0.717) is 23.7 Å². The van der Waals surface area contributed by atoms with E-state index in [9.17, 15) is 4.39 Å². The van der Waals surface area contributed by atoms with Crippen molar-refractivity contribution >= 4 is 0 Å². The molecule has 0 unspecified atom stereocenters. The highest BCUT2D eigenvalue weighted by Crippen LogP contribution is 2.30. The maximum absolute atomic E-state index is 12.6. The molecule has 0 aliphatic rings. The predicted molar refractivity (Wildman–Crippen MR) is 76.7 cm³/mol. The van der Waals surface area contributed by atoms with E-state index in [0.717, 1.165) is 5.56 Å². The molecule has 4 heteroatoms. The summed E-state index contributed by atoms with van der Waals surface area (Å²) in [4.78, 5) is 0. The monoisotopic (exact) mass is 275 g/mol. The lowest BCUT2D eigenvalue weighted by Crippen LogP contribution is -2.12. The average Bonchev–Trinajstić information content (AvgIpc) is 2.53. The molecule has 0 saturated carbocycles. The molecule has 0 aliphatic carbocycles. The quantitative estimate of drug-likeness (QED) is 0.880. The van der Waals surface area contributed by atoms with Crippen molar-refractivity contribution in [2.24, 2.45) is 5.73 Å². The van der Waals surface area contributed by atoms with Gasteiger partial charge in [-0.3, -0.25) is 0 Å². The first-order valence-electron chi connectivity index (χ1n) is 6.40. The van der Waals surface area contributed by atoms with Crippen molar-refractivity contribution in [1.29, 1.82) is 0 Å². The molecule has 0 aromatic heterocycles. The van der Waals surface area contributed by atoms with Crippen LogP contribution in [0.25, 0.3) is 0 Å². The number of benzene rings is 2. The first-order valence-corrected chi connectivity index (χ1v) is 6.40. The Kier molecular flexibility index (Phi) is 4.96. The van der Waals surface area contributed by atoms with Crippen molar-refractivity contribution in [2.45, 2.75) is 12.6 Å². The van der Waals surface area contributed by atoms with E-state index in [1.165, 1.54) is 0 Å². The van der Waals surface area contributed by atoms with Crippen molar-refractivity contribution in [3.63, 3.8) is 0 Å². The van der Waals surface area contributed by atoms with E-state index in [4.69, 9.17) is 15.2 Å². The number of hydrogen-bond donors (Lipinski definition) is 1. The van der Waals surface area contributed by atoms with Gasteiger partial charge in [-0.2, -0.15) is 0 Å². The standard InChI is InChI=1S/C16H18FNO2/c1-19-16-9-13(14(18)10-17)7-8-15(16)20-11-12-5-3-2-4-6-12/h2-9,14H,10-11,18H2,1H3/t14-/m1/s1. The van der Waals surface area contributed by atoms with E-state index >= 15 is 0 Å². The van der Waals surface area contributed by atoms with Crippen LogP contribution in [0.3, 0.4) is 0 Å². The van der Waals surface area contributed by atoms with Crippen molar-refractivity contribution in [2.75, 3.05) is 13.8 Å². The van der Waals surface area contributed by atoms with Crippen LogP contribution < -0.4 is 15.2 Å². The molecule has 0 radical (unpaired) electrons.